The van der Waals surface area contributed by atoms with E-state index in [1.54, 1.807) is 25.1 Å². The highest BCUT2D eigenvalue weighted by atomic mass is 35.5. The van der Waals surface area contributed by atoms with Crippen LogP contribution in [0, 0.1) is 0 Å². The monoisotopic (exact) mass is 274 g/mol. The summed E-state index contributed by atoms with van der Waals surface area (Å²) >= 11 is 11.8. The molecule has 0 fully saturated rings. The van der Waals surface area contributed by atoms with E-state index in [0.29, 0.717) is 15.6 Å². The fourth-order valence-corrected chi connectivity index (χ4v) is 1.77. The van der Waals surface area contributed by atoms with Gasteiger partial charge in [0.2, 0.25) is 0 Å². The Balaban J connectivity index is 3.15. The van der Waals surface area contributed by atoms with Crippen LogP contribution in [-0.4, -0.2) is 19.7 Å². The van der Waals surface area contributed by atoms with Crippen LogP contribution < -0.4 is 0 Å². The molecule has 17 heavy (non-hydrogen) atoms. The number of halogens is 2. The van der Waals surface area contributed by atoms with Gasteiger partial charge in [0.15, 0.2) is 0 Å². The molecule has 0 atom stereocenters. The van der Waals surface area contributed by atoms with E-state index in [1.807, 2.05) is 0 Å². The molecule has 92 valence electrons. The summed E-state index contributed by atoms with van der Waals surface area (Å²) in [5.74, 6) is -0.487. The van der Waals surface area contributed by atoms with Crippen molar-refractivity contribution in [1.29, 1.82) is 0 Å². The minimum Gasteiger partial charge on any atom is -0.503 e. The molecule has 5 heteroatoms. The minimum atomic E-state index is -0.487. The Morgan fingerprint density at radius 1 is 1.41 bits per heavy atom. The third kappa shape index (κ3) is 3.65. The maximum Gasteiger partial charge on any atom is 0.341 e. The van der Waals surface area contributed by atoms with Gasteiger partial charge in [-0.1, -0.05) is 29.3 Å². The lowest BCUT2D eigenvalue weighted by Gasteiger charge is -2.08. The van der Waals surface area contributed by atoms with Crippen LogP contribution in [0.2, 0.25) is 10.0 Å². The van der Waals surface area contributed by atoms with Gasteiger partial charge in [0.1, 0.15) is 5.57 Å². The first-order valence-electron chi connectivity index (χ1n) is 4.95. The lowest BCUT2D eigenvalue weighted by atomic mass is 10.1. The molecular weight excluding hydrogens is 263 g/mol. The summed E-state index contributed by atoms with van der Waals surface area (Å²) in [6, 6.07) is 4.85. The second-order valence-corrected chi connectivity index (χ2v) is 3.96. The van der Waals surface area contributed by atoms with Crippen LogP contribution in [0.5, 0.6) is 0 Å². The van der Waals surface area contributed by atoms with Crippen molar-refractivity contribution in [2.75, 3.05) is 13.7 Å². The number of benzene rings is 1. The van der Waals surface area contributed by atoms with E-state index < -0.39 is 5.97 Å². The van der Waals surface area contributed by atoms with Crippen LogP contribution in [-0.2, 0) is 14.3 Å². The second kappa shape index (κ2) is 6.52. The molecule has 0 heterocycles. The Kier molecular flexibility index (Phi) is 5.32. The van der Waals surface area contributed by atoms with E-state index in [4.69, 9.17) is 32.7 Å². The van der Waals surface area contributed by atoms with Crippen LogP contribution in [0.4, 0.5) is 0 Å². The molecule has 0 saturated carbocycles. The van der Waals surface area contributed by atoms with Crippen LogP contribution in [0.15, 0.2) is 24.5 Å². The van der Waals surface area contributed by atoms with Gasteiger partial charge in [-0.15, -0.1) is 0 Å². The number of esters is 1. The molecule has 1 aromatic carbocycles. The van der Waals surface area contributed by atoms with Crippen molar-refractivity contribution in [1.82, 2.24) is 0 Å². The number of hydrogen-bond acceptors (Lipinski definition) is 3. The number of carbonyl (C=O) groups excluding carboxylic acids is 1. The molecule has 0 unspecified atom stereocenters. The zero-order chi connectivity index (χ0) is 12.8. The summed E-state index contributed by atoms with van der Waals surface area (Å²) in [6.07, 6.45) is 1.30. The number of rotatable bonds is 4. The zero-order valence-electron chi connectivity index (χ0n) is 9.50. The van der Waals surface area contributed by atoms with Crippen molar-refractivity contribution < 1.29 is 14.3 Å². The summed E-state index contributed by atoms with van der Waals surface area (Å²) < 4.78 is 9.77. The highest BCUT2D eigenvalue weighted by molar-refractivity contribution is 6.37. The van der Waals surface area contributed by atoms with E-state index in [1.165, 1.54) is 13.4 Å². The van der Waals surface area contributed by atoms with E-state index >= 15 is 0 Å². The van der Waals surface area contributed by atoms with Crippen molar-refractivity contribution >= 4 is 34.7 Å². The minimum absolute atomic E-state index is 0.260. The topological polar surface area (TPSA) is 35.5 Å². The van der Waals surface area contributed by atoms with E-state index in [2.05, 4.69) is 0 Å². The van der Waals surface area contributed by atoms with E-state index in [0.717, 1.165) is 0 Å². The first-order valence-corrected chi connectivity index (χ1v) is 5.71. The summed E-state index contributed by atoms with van der Waals surface area (Å²) in [5.41, 5.74) is 0.785. The number of hydrogen-bond donors (Lipinski definition) is 0. The lowest BCUT2D eigenvalue weighted by molar-refractivity contribution is -0.136. The van der Waals surface area contributed by atoms with Gasteiger partial charge in [-0.05, 0) is 19.1 Å². The third-order valence-corrected chi connectivity index (χ3v) is 2.50. The van der Waals surface area contributed by atoms with Crippen molar-refractivity contribution in [2.24, 2.45) is 0 Å². The Bertz CT molecular complexity index is 441. The molecule has 0 bridgehead atoms. The standard InChI is InChI=1S/C12H12Cl2O3/c1-3-17-12(15)10(7-16-2)9-5-4-8(13)6-11(9)14/h4-7H,3H2,1-2H3/b10-7-. The lowest BCUT2D eigenvalue weighted by Crippen LogP contribution is -2.07. The maximum absolute atomic E-state index is 11.7. The van der Waals surface area contributed by atoms with Gasteiger partial charge in [-0.3, -0.25) is 0 Å². The Morgan fingerprint density at radius 3 is 2.65 bits per heavy atom. The van der Waals surface area contributed by atoms with E-state index in [9.17, 15) is 4.79 Å². The van der Waals surface area contributed by atoms with Crippen LogP contribution >= 0.6 is 23.2 Å². The molecule has 0 aromatic heterocycles. The van der Waals surface area contributed by atoms with Gasteiger partial charge in [0.25, 0.3) is 0 Å². The molecular formula is C12H12Cl2O3. The van der Waals surface area contributed by atoms with Gasteiger partial charge < -0.3 is 9.47 Å². The fraction of sp³-hybridized carbons (Fsp3) is 0.250. The summed E-state index contributed by atoms with van der Waals surface area (Å²) in [5, 5.41) is 0.869. The smallest absolute Gasteiger partial charge is 0.341 e. The molecule has 0 radical (unpaired) electrons. The molecule has 3 nitrogen and oxygen atoms in total. The fourth-order valence-electron chi connectivity index (χ4n) is 1.26. The Labute approximate surface area is 110 Å². The molecule has 0 aliphatic carbocycles. The molecule has 1 rings (SSSR count). The SMILES string of the molecule is CCOC(=O)/C(=C\OC)c1ccc(Cl)cc1Cl. The van der Waals surface area contributed by atoms with Crippen molar-refractivity contribution in [3.63, 3.8) is 0 Å². The number of carbonyl (C=O) groups is 1. The molecule has 1 aromatic rings. The summed E-state index contributed by atoms with van der Waals surface area (Å²) in [4.78, 5) is 11.7. The Morgan fingerprint density at radius 2 is 2.12 bits per heavy atom. The average molecular weight is 275 g/mol. The molecule has 0 N–H and O–H groups in total. The number of ether oxygens (including phenoxy) is 2. The van der Waals surface area contributed by atoms with Gasteiger partial charge in [0, 0.05) is 10.6 Å². The molecule has 0 saturated heterocycles. The van der Waals surface area contributed by atoms with E-state index in [-0.39, 0.29) is 12.2 Å². The quantitative estimate of drug-likeness (QED) is 0.479. The molecule has 0 aliphatic rings. The third-order valence-electron chi connectivity index (χ3n) is 1.95. The van der Waals surface area contributed by atoms with Gasteiger partial charge in [-0.2, -0.15) is 0 Å². The highest BCUT2D eigenvalue weighted by Gasteiger charge is 2.16. The zero-order valence-corrected chi connectivity index (χ0v) is 11.0. The number of methoxy groups -OCH3 is 1. The van der Waals surface area contributed by atoms with Gasteiger partial charge in [0.05, 0.1) is 25.0 Å². The van der Waals surface area contributed by atoms with Crippen LogP contribution in [0.3, 0.4) is 0 Å². The molecule has 0 aliphatic heterocycles. The van der Waals surface area contributed by atoms with Gasteiger partial charge in [-0.25, -0.2) is 4.79 Å². The van der Waals surface area contributed by atoms with Crippen LogP contribution in [0.25, 0.3) is 5.57 Å². The van der Waals surface area contributed by atoms with Crippen molar-refractivity contribution in [2.45, 2.75) is 6.92 Å². The first-order chi connectivity index (χ1) is 8.10. The second-order valence-electron chi connectivity index (χ2n) is 3.11. The first kappa shape index (κ1) is 13.9. The van der Waals surface area contributed by atoms with Crippen molar-refractivity contribution in [3.05, 3.63) is 40.1 Å². The average Bonchev–Trinajstić information content (AvgIpc) is 2.27. The normalized spacial score (nSPS) is 11.2. The van der Waals surface area contributed by atoms with Crippen molar-refractivity contribution in [3.8, 4) is 0 Å². The Hall–Kier alpha value is -1.19. The highest BCUT2D eigenvalue weighted by Crippen LogP contribution is 2.27. The molecule has 0 spiro atoms. The summed E-state index contributed by atoms with van der Waals surface area (Å²) in [6.45, 7) is 2.01. The predicted molar refractivity (Wildman–Crippen MR) is 68.1 cm³/mol. The van der Waals surface area contributed by atoms with Gasteiger partial charge >= 0.3 is 5.97 Å². The van der Waals surface area contributed by atoms with Crippen LogP contribution in [0.1, 0.15) is 12.5 Å². The summed E-state index contributed by atoms with van der Waals surface area (Å²) in [7, 11) is 1.45. The predicted octanol–water partition coefficient (Wildman–Crippen LogP) is 3.54. The molecule has 0 amide bonds. The largest absolute Gasteiger partial charge is 0.503 e. The maximum atomic E-state index is 11.7.